The first-order chi connectivity index (χ1) is 14.2. The molecule has 1 amide bonds. The van der Waals surface area contributed by atoms with Crippen molar-refractivity contribution in [3.05, 3.63) is 34.0 Å². The standard InChI is InChI=1S/C20H31N7O2S/c1-14-24-25-17(26(14)5)11-22-18(21-9-8-16-7-6-10-30-16)23-15-12-27(13-15)19(28)29-20(2,3)4/h6-7,10,15H,8-9,11-13H2,1-5H3,(H2,21,22,23). The van der Waals surface area contributed by atoms with Crippen LogP contribution in [0.3, 0.4) is 0 Å². The minimum atomic E-state index is -0.486. The molecule has 0 saturated carbocycles. The van der Waals surface area contributed by atoms with E-state index < -0.39 is 5.60 Å². The maximum Gasteiger partial charge on any atom is 0.410 e. The highest BCUT2D eigenvalue weighted by atomic mass is 32.1. The molecule has 0 bridgehead atoms. The summed E-state index contributed by atoms with van der Waals surface area (Å²) in [5.41, 5.74) is -0.486. The van der Waals surface area contributed by atoms with Gasteiger partial charge in [-0.15, -0.1) is 21.5 Å². The quantitative estimate of drug-likeness (QED) is 0.535. The molecule has 0 unspecified atom stereocenters. The van der Waals surface area contributed by atoms with Crippen LogP contribution in [0.1, 0.15) is 37.3 Å². The fourth-order valence-electron chi connectivity index (χ4n) is 2.89. The van der Waals surface area contributed by atoms with Gasteiger partial charge in [0.25, 0.3) is 0 Å². The number of amides is 1. The number of guanidine groups is 1. The number of nitrogens with one attached hydrogen (secondary N) is 2. The number of aryl methyl sites for hydroxylation is 1. The van der Waals surface area contributed by atoms with Crippen molar-refractivity contribution < 1.29 is 9.53 Å². The van der Waals surface area contributed by atoms with E-state index in [1.807, 2.05) is 39.3 Å². The number of likely N-dealkylation sites (tertiary alicyclic amines) is 1. The van der Waals surface area contributed by atoms with Gasteiger partial charge in [0.2, 0.25) is 0 Å². The van der Waals surface area contributed by atoms with Crippen molar-refractivity contribution in [1.29, 1.82) is 0 Å². The second-order valence-corrected chi connectivity index (χ2v) is 9.40. The van der Waals surface area contributed by atoms with Crippen LogP contribution in [-0.4, -0.2) is 63.0 Å². The molecule has 0 aliphatic carbocycles. The normalized spacial score (nSPS) is 15.1. The number of ether oxygens (including phenoxy) is 1. The van der Waals surface area contributed by atoms with Gasteiger partial charge in [-0.25, -0.2) is 9.79 Å². The number of carbonyl (C=O) groups is 1. The molecule has 10 heteroatoms. The highest BCUT2D eigenvalue weighted by Gasteiger charge is 2.34. The Morgan fingerprint density at radius 3 is 2.73 bits per heavy atom. The summed E-state index contributed by atoms with van der Waals surface area (Å²) in [6, 6.07) is 4.32. The molecule has 1 aliphatic heterocycles. The Bertz CT molecular complexity index is 864. The molecule has 3 heterocycles. The lowest BCUT2D eigenvalue weighted by Crippen LogP contribution is -2.63. The molecule has 1 aliphatic rings. The van der Waals surface area contributed by atoms with E-state index in [9.17, 15) is 4.79 Å². The largest absolute Gasteiger partial charge is 0.444 e. The fourth-order valence-corrected chi connectivity index (χ4v) is 3.60. The van der Waals surface area contributed by atoms with Gasteiger partial charge in [0.1, 0.15) is 18.0 Å². The number of hydrogen-bond donors (Lipinski definition) is 2. The second-order valence-electron chi connectivity index (χ2n) is 8.37. The first-order valence-electron chi connectivity index (χ1n) is 10.1. The molecule has 0 spiro atoms. The number of rotatable bonds is 6. The lowest BCUT2D eigenvalue weighted by Gasteiger charge is -2.40. The molecule has 3 rings (SSSR count). The highest BCUT2D eigenvalue weighted by molar-refractivity contribution is 7.09. The van der Waals surface area contributed by atoms with Crippen LogP contribution in [0.2, 0.25) is 0 Å². The second kappa shape index (κ2) is 9.46. The van der Waals surface area contributed by atoms with E-state index in [2.05, 4.69) is 43.3 Å². The van der Waals surface area contributed by atoms with Crippen LogP contribution >= 0.6 is 11.3 Å². The van der Waals surface area contributed by atoms with Gasteiger partial charge in [0.05, 0.1) is 6.04 Å². The number of hydrogen-bond acceptors (Lipinski definition) is 6. The predicted octanol–water partition coefficient (Wildman–Crippen LogP) is 2.08. The third-order valence-electron chi connectivity index (χ3n) is 4.68. The molecule has 1 saturated heterocycles. The topological polar surface area (TPSA) is 96.7 Å². The Hall–Kier alpha value is -2.62. The van der Waals surface area contributed by atoms with Crippen LogP contribution in [0, 0.1) is 6.92 Å². The molecule has 0 atom stereocenters. The summed E-state index contributed by atoms with van der Waals surface area (Å²) in [6.45, 7) is 9.90. The maximum absolute atomic E-state index is 12.1. The smallest absolute Gasteiger partial charge is 0.410 e. The summed E-state index contributed by atoms with van der Waals surface area (Å²) in [6.07, 6.45) is 0.648. The van der Waals surface area contributed by atoms with Crippen molar-refractivity contribution in [2.75, 3.05) is 19.6 Å². The van der Waals surface area contributed by atoms with Gasteiger partial charge in [0, 0.05) is 31.6 Å². The molecule has 2 N–H and O–H groups in total. The van der Waals surface area contributed by atoms with Crippen molar-refractivity contribution in [3.63, 3.8) is 0 Å². The van der Waals surface area contributed by atoms with E-state index in [0.717, 1.165) is 24.6 Å². The van der Waals surface area contributed by atoms with Gasteiger partial charge in [-0.3, -0.25) is 0 Å². The summed E-state index contributed by atoms with van der Waals surface area (Å²) >= 11 is 1.75. The van der Waals surface area contributed by atoms with Gasteiger partial charge in [-0.1, -0.05) is 6.07 Å². The van der Waals surface area contributed by atoms with Gasteiger partial charge in [-0.2, -0.15) is 0 Å². The fraction of sp³-hybridized carbons (Fsp3) is 0.600. The van der Waals surface area contributed by atoms with Gasteiger partial charge in [0.15, 0.2) is 11.8 Å². The van der Waals surface area contributed by atoms with Gasteiger partial charge < -0.3 is 24.8 Å². The molecule has 9 nitrogen and oxygen atoms in total. The number of aliphatic imine (C=N–C) groups is 1. The molecular weight excluding hydrogens is 402 g/mol. The van der Waals surface area contributed by atoms with Crippen LogP contribution in [-0.2, 0) is 24.8 Å². The average molecular weight is 434 g/mol. The van der Waals surface area contributed by atoms with Crippen molar-refractivity contribution in [3.8, 4) is 0 Å². The Labute approximate surface area is 181 Å². The zero-order valence-corrected chi connectivity index (χ0v) is 19.1. The Balaban J connectivity index is 1.55. The summed E-state index contributed by atoms with van der Waals surface area (Å²) in [7, 11) is 1.93. The number of thiophene rings is 1. The zero-order valence-electron chi connectivity index (χ0n) is 18.3. The molecule has 0 aromatic carbocycles. The van der Waals surface area contributed by atoms with E-state index in [4.69, 9.17) is 4.74 Å². The number of aromatic nitrogens is 3. The third-order valence-corrected chi connectivity index (χ3v) is 5.62. The predicted molar refractivity (Wildman–Crippen MR) is 118 cm³/mol. The minimum Gasteiger partial charge on any atom is -0.444 e. The molecule has 2 aromatic rings. The maximum atomic E-state index is 12.1. The summed E-state index contributed by atoms with van der Waals surface area (Å²) in [5.74, 6) is 2.37. The van der Waals surface area contributed by atoms with Crippen molar-refractivity contribution in [2.45, 2.75) is 52.3 Å². The molecule has 1 fully saturated rings. The van der Waals surface area contributed by atoms with Crippen LogP contribution in [0.4, 0.5) is 4.79 Å². The highest BCUT2D eigenvalue weighted by Crippen LogP contribution is 2.15. The van der Waals surface area contributed by atoms with E-state index >= 15 is 0 Å². The van der Waals surface area contributed by atoms with Crippen molar-refractivity contribution in [1.82, 2.24) is 30.3 Å². The van der Waals surface area contributed by atoms with Crippen LogP contribution < -0.4 is 10.6 Å². The average Bonchev–Trinajstić information content (AvgIpc) is 3.24. The molecule has 30 heavy (non-hydrogen) atoms. The van der Waals surface area contributed by atoms with E-state index in [1.165, 1.54) is 4.88 Å². The Morgan fingerprint density at radius 2 is 2.13 bits per heavy atom. The summed E-state index contributed by atoms with van der Waals surface area (Å²) < 4.78 is 7.35. The molecule has 0 radical (unpaired) electrons. The van der Waals surface area contributed by atoms with Crippen LogP contribution in [0.25, 0.3) is 0 Å². The summed E-state index contributed by atoms with van der Waals surface area (Å²) in [5, 5.41) is 17.1. The van der Waals surface area contributed by atoms with Crippen molar-refractivity contribution in [2.24, 2.45) is 12.0 Å². The Kier molecular flexibility index (Phi) is 6.96. The number of nitrogens with zero attached hydrogens (tertiary/aromatic N) is 5. The summed E-state index contributed by atoms with van der Waals surface area (Å²) in [4.78, 5) is 19.8. The molecule has 2 aromatic heterocycles. The monoisotopic (exact) mass is 433 g/mol. The van der Waals surface area contributed by atoms with Crippen LogP contribution in [0.5, 0.6) is 0 Å². The van der Waals surface area contributed by atoms with Crippen molar-refractivity contribution >= 4 is 23.4 Å². The lowest BCUT2D eigenvalue weighted by atomic mass is 10.1. The zero-order chi connectivity index (χ0) is 21.7. The Morgan fingerprint density at radius 1 is 1.37 bits per heavy atom. The minimum absolute atomic E-state index is 0.131. The van der Waals surface area contributed by atoms with E-state index in [1.54, 1.807) is 16.2 Å². The lowest BCUT2D eigenvalue weighted by molar-refractivity contribution is 0.00700. The number of carbonyl (C=O) groups excluding carboxylic acids is 1. The van der Waals surface area contributed by atoms with Gasteiger partial charge in [-0.05, 0) is 45.6 Å². The van der Waals surface area contributed by atoms with E-state index in [-0.39, 0.29) is 12.1 Å². The van der Waals surface area contributed by atoms with Crippen LogP contribution in [0.15, 0.2) is 22.5 Å². The first kappa shape index (κ1) is 22.1. The van der Waals surface area contributed by atoms with E-state index in [0.29, 0.717) is 25.6 Å². The SMILES string of the molecule is Cc1nnc(CN=C(NCCc2cccs2)NC2CN(C(=O)OC(C)(C)C)C2)n1C. The molecular formula is C20H31N7O2S. The van der Waals surface area contributed by atoms with Gasteiger partial charge >= 0.3 is 6.09 Å². The third kappa shape index (κ3) is 6.19. The first-order valence-corrected chi connectivity index (χ1v) is 11.0. The molecule has 164 valence electrons.